The number of fused-ring (bicyclic) bond motifs is 5. The van der Waals surface area contributed by atoms with Crippen LogP contribution in [0.1, 0.15) is 79.1 Å². The smallest absolute Gasteiger partial charge is 0.136 e. The van der Waals surface area contributed by atoms with Crippen molar-refractivity contribution in [3.05, 3.63) is 0 Å². The number of carbonyl (C=O) groups excluding carboxylic acids is 1. The largest absolute Gasteiger partial charge is 0.390 e. The molecule has 0 unspecified atom stereocenters. The lowest BCUT2D eigenvalue weighted by Crippen LogP contribution is -2.56. The number of aliphatic hydroxyl groups is 1. The molecule has 2 nitrogen and oxygen atoms in total. The maximum absolute atomic E-state index is 12.2. The molecule has 4 rings (SSSR count). The zero-order chi connectivity index (χ0) is 16.6. The van der Waals surface area contributed by atoms with Crippen molar-refractivity contribution in [1.29, 1.82) is 0 Å². The summed E-state index contributed by atoms with van der Waals surface area (Å²) in [6.07, 6.45) is 9.11. The third-order valence-electron chi connectivity index (χ3n) is 9.37. The van der Waals surface area contributed by atoms with Gasteiger partial charge in [-0.05, 0) is 86.4 Å². The van der Waals surface area contributed by atoms with E-state index in [4.69, 9.17) is 0 Å². The molecule has 4 aliphatic carbocycles. The van der Waals surface area contributed by atoms with E-state index in [1.807, 2.05) is 0 Å². The van der Waals surface area contributed by atoms with E-state index in [0.717, 1.165) is 31.1 Å². The zero-order valence-electron chi connectivity index (χ0n) is 15.4. The van der Waals surface area contributed by atoms with Gasteiger partial charge >= 0.3 is 0 Å². The van der Waals surface area contributed by atoms with Gasteiger partial charge in [0.15, 0.2) is 0 Å². The minimum Gasteiger partial charge on any atom is -0.390 e. The first-order chi connectivity index (χ1) is 10.7. The van der Waals surface area contributed by atoms with Crippen LogP contribution >= 0.6 is 0 Å². The molecule has 0 aromatic carbocycles. The van der Waals surface area contributed by atoms with Gasteiger partial charge in [-0.25, -0.2) is 0 Å². The van der Waals surface area contributed by atoms with Gasteiger partial charge < -0.3 is 5.11 Å². The number of hydrogen-bond acceptors (Lipinski definition) is 2. The maximum Gasteiger partial charge on any atom is 0.136 e. The van der Waals surface area contributed by atoms with Crippen LogP contribution in [-0.2, 0) is 4.79 Å². The predicted molar refractivity (Wildman–Crippen MR) is 91.9 cm³/mol. The first kappa shape index (κ1) is 16.1. The molecular formula is C21H34O2. The maximum atomic E-state index is 12.2. The highest BCUT2D eigenvalue weighted by atomic mass is 16.3. The first-order valence-corrected chi connectivity index (χ1v) is 9.94. The standard InChI is InChI=1S/C21H34O2/c1-13-12-19(2)14(11-18(13)22)5-6-15-16(19)7-9-20(3)17(15)8-10-21(20,4)23/h13-17,23H,5-12H2,1-4H3/t13-,14-,15-,16+,17-,19+,20+,21+/m1/s1. The highest BCUT2D eigenvalue weighted by molar-refractivity contribution is 5.82. The third-order valence-corrected chi connectivity index (χ3v) is 9.37. The van der Waals surface area contributed by atoms with Crippen molar-refractivity contribution < 1.29 is 9.90 Å². The average Bonchev–Trinajstić information content (AvgIpc) is 2.71. The van der Waals surface area contributed by atoms with E-state index >= 15 is 0 Å². The molecule has 4 aliphatic rings. The minimum absolute atomic E-state index is 0.119. The summed E-state index contributed by atoms with van der Waals surface area (Å²) in [5.74, 6) is 3.65. The third kappa shape index (κ3) is 2.00. The molecule has 4 saturated carbocycles. The highest BCUT2D eigenvalue weighted by Gasteiger charge is 2.63. The number of carbonyl (C=O) groups is 1. The fraction of sp³-hybridized carbons (Fsp3) is 0.952. The molecule has 0 aromatic heterocycles. The van der Waals surface area contributed by atoms with Crippen LogP contribution in [0.5, 0.6) is 0 Å². The van der Waals surface area contributed by atoms with Gasteiger partial charge in [0.2, 0.25) is 0 Å². The summed E-state index contributed by atoms with van der Waals surface area (Å²) in [5.41, 5.74) is 0.00962. The van der Waals surface area contributed by atoms with Crippen molar-refractivity contribution in [3.63, 3.8) is 0 Å². The average molecular weight is 319 g/mol. The van der Waals surface area contributed by atoms with Crippen LogP contribution in [0.4, 0.5) is 0 Å². The second-order valence-electron chi connectivity index (χ2n) is 10.2. The number of Topliss-reactive ketones (excluding diaryl/α,β-unsaturated/α-hetero) is 1. The normalized spacial score (nSPS) is 59.2. The predicted octanol–water partition coefficient (Wildman–Crippen LogP) is 4.60. The second kappa shape index (κ2) is 4.84. The Hall–Kier alpha value is -0.370. The molecule has 2 heteroatoms. The van der Waals surface area contributed by atoms with Gasteiger partial charge in [-0.15, -0.1) is 0 Å². The lowest BCUT2D eigenvalue weighted by Gasteiger charge is -2.61. The van der Waals surface area contributed by atoms with Crippen LogP contribution in [-0.4, -0.2) is 16.5 Å². The lowest BCUT2D eigenvalue weighted by molar-refractivity contribution is -0.158. The van der Waals surface area contributed by atoms with E-state index in [0.29, 0.717) is 23.0 Å². The van der Waals surface area contributed by atoms with Gasteiger partial charge in [0.05, 0.1) is 5.60 Å². The van der Waals surface area contributed by atoms with Gasteiger partial charge in [0.25, 0.3) is 0 Å². The van der Waals surface area contributed by atoms with Gasteiger partial charge in [0.1, 0.15) is 5.78 Å². The van der Waals surface area contributed by atoms with Gasteiger partial charge in [-0.3, -0.25) is 4.79 Å². The van der Waals surface area contributed by atoms with Gasteiger partial charge in [-0.1, -0.05) is 20.8 Å². The molecule has 0 aliphatic heterocycles. The van der Waals surface area contributed by atoms with E-state index in [2.05, 4.69) is 27.7 Å². The fourth-order valence-corrected chi connectivity index (χ4v) is 7.65. The monoisotopic (exact) mass is 318 g/mol. The molecule has 4 fully saturated rings. The topological polar surface area (TPSA) is 37.3 Å². The lowest BCUT2D eigenvalue weighted by atomic mass is 9.44. The van der Waals surface area contributed by atoms with Crippen LogP contribution in [0.2, 0.25) is 0 Å². The van der Waals surface area contributed by atoms with Gasteiger partial charge in [0, 0.05) is 12.3 Å². The Morgan fingerprint density at radius 2 is 1.70 bits per heavy atom. The molecular weight excluding hydrogens is 284 g/mol. The summed E-state index contributed by atoms with van der Waals surface area (Å²) < 4.78 is 0. The summed E-state index contributed by atoms with van der Waals surface area (Å²) >= 11 is 0. The Morgan fingerprint density at radius 1 is 1.00 bits per heavy atom. The van der Waals surface area contributed by atoms with Crippen molar-refractivity contribution in [2.45, 2.75) is 84.7 Å². The molecule has 0 spiro atoms. The molecule has 0 aromatic rings. The quantitative estimate of drug-likeness (QED) is 0.709. The molecule has 0 radical (unpaired) electrons. The molecule has 23 heavy (non-hydrogen) atoms. The Labute approximate surface area is 141 Å². The van der Waals surface area contributed by atoms with Crippen LogP contribution in [0.3, 0.4) is 0 Å². The van der Waals surface area contributed by atoms with Crippen LogP contribution in [0, 0.1) is 40.4 Å². The Balaban J connectivity index is 1.66. The molecule has 1 N–H and O–H groups in total. The summed E-state index contributed by atoms with van der Waals surface area (Å²) in [6, 6.07) is 0. The van der Waals surface area contributed by atoms with Crippen molar-refractivity contribution in [3.8, 4) is 0 Å². The molecule has 0 heterocycles. The Bertz CT molecular complexity index is 524. The fourth-order valence-electron chi connectivity index (χ4n) is 7.65. The molecule has 8 atom stereocenters. The zero-order valence-corrected chi connectivity index (χ0v) is 15.4. The summed E-state index contributed by atoms with van der Waals surface area (Å²) in [7, 11) is 0. The van der Waals surface area contributed by atoms with Crippen molar-refractivity contribution in [2.75, 3.05) is 0 Å². The van der Waals surface area contributed by atoms with Crippen molar-refractivity contribution in [2.24, 2.45) is 40.4 Å². The minimum atomic E-state index is -0.476. The molecule has 0 saturated heterocycles. The van der Waals surface area contributed by atoms with E-state index in [1.54, 1.807) is 0 Å². The van der Waals surface area contributed by atoms with E-state index in [1.165, 1.54) is 32.1 Å². The Morgan fingerprint density at radius 3 is 2.43 bits per heavy atom. The number of rotatable bonds is 0. The van der Waals surface area contributed by atoms with Crippen molar-refractivity contribution in [1.82, 2.24) is 0 Å². The SMILES string of the molecule is C[C@@H]1C[C@@]2(C)[C@H](CC[C@H]3[C@H]4CC[C@](C)(O)[C@@]4(C)CC[C@@H]32)CC1=O. The molecule has 130 valence electrons. The summed E-state index contributed by atoms with van der Waals surface area (Å²) in [4.78, 5) is 12.2. The van der Waals surface area contributed by atoms with E-state index in [-0.39, 0.29) is 11.3 Å². The number of ketones is 1. The van der Waals surface area contributed by atoms with E-state index < -0.39 is 5.60 Å². The van der Waals surface area contributed by atoms with Crippen LogP contribution in [0.15, 0.2) is 0 Å². The highest BCUT2D eigenvalue weighted by Crippen LogP contribution is 2.68. The second-order valence-corrected chi connectivity index (χ2v) is 10.2. The summed E-state index contributed by atoms with van der Waals surface area (Å²) in [5, 5.41) is 11.0. The van der Waals surface area contributed by atoms with Crippen molar-refractivity contribution >= 4 is 5.78 Å². The molecule has 0 bridgehead atoms. The molecule has 0 amide bonds. The van der Waals surface area contributed by atoms with Gasteiger partial charge in [-0.2, -0.15) is 0 Å². The first-order valence-electron chi connectivity index (χ1n) is 9.94. The van der Waals surface area contributed by atoms with Crippen LogP contribution in [0.25, 0.3) is 0 Å². The Kier molecular flexibility index (Phi) is 3.39. The summed E-state index contributed by atoms with van der Waals surface area (Å²) in [6.45, 7) is 9.11. The number of hydrogen-bond donors (Lipinski definition) is 1. The van der Waals surface area contributed by atoms with E-state index in [9.17, 15) is 9.90 Å². The van der Waals surface area contributed by atoms with Crippen LogP contribution < -0.4 is 0 Å².